The van der Waals surface area contributed by atoms with E-state index in [2.05, 4.69) is 22.3 Å². The van der Waals surface area contributed by atoms with Crippen molar-refractivity contribution in [2.24, 2.45) is 5.92 Å². The van der Waals surface area contributed by atoms with Crippen molar-refractivity contribution in [2.45, 2.75) is 56.6 Å². The van der Waals surface area contributed by atoms with Gasteiger partial charge >= 0.3 is 0 Å². The SMILES string of the molecule is O=C(C[C@@H]1CC2(CCN(Cc3ccc(F)cc3)CC2)Oc2ccccc21)NCC1CC1. The van der Waals surface area contributed by atoms with Crippen molar-refractivity contribution in [3.63, 3.8) is 0 Å². The van der Waals surface area contributed by atoms with Crippen LogP contribution in [0.5, 0.6) is 5.75 Å². The maximum atomic E-state index is 13.2. The molecule has 1 spiro atoms. The molecule has 2 heterocycles. The number of para-hydroxylation sites is 1. The topological polar surface area (TPSA) is 41.6 Å². The van der Waals surface area contributed by atoms with E-state index in [0.29, 0.717) is 12.3 Å². The Morgan fingerprint density at radius 1 is 1.10 bits per heavy atom. The Morgan fingerprint density at radius 2 is 1.84 bits per heavy atom. The molecule has 4 nitrogen and oxygen atoms in total. The minimum Gasteiger partial charge on any atom is -0.487 e. The number of fused-ring (bicyclic) bond motifs is 1. The van der Waals surface area contributed by atoms with Crippen molar-refractivity contribution >= 4 is 5.91 Å². The van der Waals surface area contributed by atoms with Gasteiger partial charge in [0.1, 0.15) is 17.2 Å². The molecule has 164 valence electrons. The molecule has 2 fully saturated rings. The van der Waals surface area contributed by atoms with E-state index in [1.165, 1.54) is 30.5 Å². The molecule has 5 rings (SSSR count). The van der Waals surface area contributed by atoms with Crippen LogP contribution in [0.4, 0.5) is 4.39 Å². The summed E-state index contributed by atoms with van der Waals surface area (Å²) < 4.78 is 19.8. The molecule has 2 aromatic carbocycles. The lowest BCUT2D eigenvalue weighted by molar-refractivity contribution is -0.122. The number of carbonyl (C=O) groups is 1. The van der Waals surface area contributed by atoms with Crippen molar-refractivity contribution in [3.8, 4) is 5.75 Å². The summed E-state index contributed by atoms with van der Waals surface area (Å²) in [6, 6.07) is 15.0. The Bertz CT molecular complexity index is 917. The molecular formula is C26H31FN2O2. The second-order valence-corrected chi connectivity index (χ2v) is 9.58. The molecule has 1 N–H and O–H groups in total. The summed E-state index contributed by atoms with van der Waals surface area (Å²) >= 11 is 0. The Balaban J connectivity index is 1.24. The molecule has 1 aliphatic carbocycles. The lowest BCUT2D eigenvalue weighted by Crippen LogP contribution is -2.50. The number of hydrogen-bond donors (Lipinski definition) is 1. The average Bonchev–Trinajstić information content (AvgIpc) is 3.60. The monoisotopic (exact) mass is 422 g/mol. The molecule has 0 bridgehead atoms. The quantitative estimate of drug-likeness (QED) is 0.737. The van der Waals surface area contributed by atoms with Gasteiger partial charge < -0.3 is 10.1 Å². The number of nitrogens with one attached hydrogen (secondary N) is 1. The molecule has 1 saturated carbocycles. The highest BCUT2D eigenvalue weighted by Gasteiger charge is 2.43. The van der Waals surface area contributed by atoms with Gasteiger partial charge in [0.05, 0.1) is 0 Å². The summed E-state index contributed by atoms with van der Waals surface area (Å²) in [6.07, 6.45) is 5.82. The van der Waals surface area contributed by atoms with Gasteiger partial charge in [-0.25, -0.2) is 4.39 Å². The number of ether oxygens (including phenoxy) is 1. The smallest absolute Gasteiger partial charge is 0.220 e. The van der Waals surface area contributed by atoms with Gasteiger partial charge in [-0.2, -0.15) is 0 Å². The maximum Gasteiger partial charge on any atom is 0.220 e. The zero-order valence-corrected chi connectivity index (χ0v) is 18.0. The van der Waals surface area contributed by atoms with Crippen LogP contribution in [0.25, 0.3) is 0 Å². The van der Waals surface area contributed by atoms with Crippen LogP contribution >= 0.6 is 0 Å². The van der Waals surface area contributed by atoms with Crippen molar-refractivity contribution in [1.82, 2.24) is 10.2 Å². The molecule has 0 unspecified atom stereocenters. The molecule has 1 amide bonds. The van der Waals surface area contributed by atoms with Crippen LogP contribution < -0.4 is 10.1 Å². The van der Waals surface area contributed by atoms with Gasteiger partial charge in [0, 0.05) is 38.5 Å². The summed E-state index contributed by atoms with van der Waals surface area (Å²) in [5.41, 5.74) is 2.11. The van der Waals surface area contributed by atoms with Crippen LogP contribution in [0, 0.1) is 11.7 Å². The van der Waals surface area contributed by atoms with Gasteiger partial charge in [-0.3, -0.25) is 9.69 Å². The van der Waals surface area contributed by atoms with Gasteiger partial charge in [-0.05, 0) is 67.3 Å². The largest absolute Gasteiger partial charge is 0.487 e. The Kier molecular flexibility index (Phi) is 5.70. The van der Waals surface area contributed by atoms with E-state index in [-0.39, 0.29) is 23.2 Å². The van der Waals surface area contributed by atoms with Gasteiger partial charge in [0.25, 0.3) is 0 Å². The maximum absolute atomic E-state index is 13.2. The lowest BCUT2D eigenvalue weighted by atomic mass is 9.76. The molecule has 1 saturated heterocycles. The zero-order valence-electron chi connectivity index (χ0n) is 18.0. The number of nitrogens with zero attached hydrogens (tertiary/aromatic N) is 1. The predicted octanol–water partition coefficient (Wildman–Crippen LogP) is 4.64. The van der Waals surface area contributed by atoms with E-state index in [1.54, 1.807) is 0 Å². The summed E-state index contributed by atoms with van der Waals surface area (Å²) in [5.74, 6) is 1.82. The van der Waals surface area contributed by atoms with Crippen molar-refractivity contribution < 1.29 is 13.9 Å². The number of hydrogen-bond acceptors (Lipinski definition) is 3. The predicted molar refractivity (Wildman–Crippen MR) is 118 cm³/mol. The van der Waals surface area contributed by atoms with Gasteiger partial charge in [0.2, 0.25) is 5.91 Å². The molecule has 1 atom stereocenters. The molecule has 3 aliphatic rings. The first kappa shape index (κ1) is 20.5. The van der Waals surface area contributed by atoms with Crippen molar-refractivity contribution in [3.05, 3.63) is 65.5 Å². The summed E-state index contributed by atoms with van der Waals surface area (Å²) in [4.78, 5) is 15.0. The van der Waals surface area contributed by atoms with Crippen molar-refractivity contribution in [1.29, 1.82) is 0 Å². The fourth-order valence-corrected chi connectivity index (χ4v) is 5.08. The highest BCUT2D eigenvalue weighted by atomic mass is 19.1. The van der Waals surface area contributed by atoms with E-state index < -0.39 is 0 Å². The third-order valence-electron chi connectivity index (χ3n) is 7.11. The summed E-state index contributed by atoms with van der Waals surface area (Å²) in [5, 5.41) is 3.14. The highest BCUT2D eigenvalue weighted by Crippen LogP contribution is 2.46. The first-order valence-corrected chi connectivity index (χ1v) is 11.6. The number of benzene rings is 2. The molecule has 0 radical (unpaired) electrons. The summed E-state index contributed by atoms with van der Waals surface area (Å²) in [6.45, 7) is 3.55. The molecule has 31 heavy (non-hydrogen) atoms. The van der Waals surface area contributed by atoms with Crippen LogP contribution in [0.3, 0.4) is 0 Å². The Morgan fingerprint density at radius 3 is 2.58 bits per heavy atom. The molecule has 5 heteroatoms. The third kappa shape index (κ3) is 4.93. The van der Waals surface area contributed by atoms with E-state index in [0.717, 1.165) is 56.8 Å². The Labute approximate surface area is 183 Å². The summed E-state index contributed by atoms with van der Waals surface area (Å²) in [7, 11) is 0. The first-order chi connectivity index (χ1) is 15.1. The molecule has 2 aliphatic heterocycles. The van der Waals surface area contributed by atoms with Crippen LogP contribution in [0.15, 0.2) is 48.5 Å². The minimum absolute atomic E-state index is 0.164. The van der Waals surface area contributed by atoms with Crippen LogP contribution in [-0.4, -0.2) is 36.0 Å². The lowest BCUT2D eigenvalue weighted by Gasteiger charge is -2.47. The van der Waals surface area contributed by atoms with Crippen molar-refractivity contribution in [2.75, 3.05) is 19.6 Å². The normalized spacial score (nSPS) is 22.5. The molecular weight excluding hydrogens is 391 g/mol. The fraction of sp³-hybridized carbons (Fsp3) is 0.500. The number of piperidine rings is 1. The van der Waals surface area contributed by atoms with Gasteiger partial charge in [0.15, 0.2) is 0 Å². The van der Waals surface area contributed by atoms with E-state index >= 15 is 0 Å². The van der Waals surface area contributed by atoms with Crippen LogP contribution in [0.1, 0.15) is 55.6 Å². The second kappa shape index (κ2) is 8.62. The van der Waals surface area contributed by atoms with Gasteiger partial charge in [-0.1, -0.05) is 30.3 Å². The third-order valence-corrected chi connectivity index (χ3v) is 7.11. The second-order valence-electron chi connectivity index (χ2n) is 9.58. The van der Waals surface area contributed by atoms with E-state index in [9.17, 15) is 9.18 Å². The van der Waals surface area contributed by atoms with E-state index in [4.69, 9.17) is 4.74 Å². The van der Waals surface area contributed by atoms with Gasteiger partial charge in [-0.15, -0.1) is 0 Å². The van der Waals surface area contributed by atoms with E-state index in [1.807, 2.05) is 24.3 Å². The number of likely N-dealkylation sites (tertiary alicyclic amines) is 1. The minimum atomic E-state index is -0.199. The highest BCUT2D eigenvalue weighted by molar-refractivity contribution is 5.77. The van der Waals surface area contributed by atoms with Crippen LogP contribution in [0.2, 0.25) is 0 Å². The number of amides is 1. The first-order valence-electron chi connectivity index (χ1n) is 11.6. The Hall–Kier alpha value is -2.40. The molecule has 0 aromatic heterocycles. The standard InChI is InChI=1S/C26H31FN2O2/c27-22-9-7-20(8-10-22)18-29-13-11-26(12-14-29)16-21(15-25(30)28-17-19-5-6-19)23-3-1-2-4-24(23)31-26/h1-4,7-10,19,21H,5-6,11-18H2,(H,28,30)/t21-/m1/s1. The number of carbonyl (C=O) groups excluding carboxylic acids is 1. The fourth-order valence-electron chi connectivity index (χ4n) is 5.08. The van der Waals surface area contributed by atoms with Crippen LogP contribution in [-0.2, 0) is 11.3 Å². The zero-order chi connectivity index (χ0) is 21.3. The molecule has 2 aromatic rings. The number of rotatable bonds is 6. The average molecular weight is 423 g/mol. The number of halogens is 1.